The van der Waals surface area contributed by atoms with Crippen LogP contribution in [0.2, 0.25) is 0 Å². The first-order valence-electron chi connectivity index (χ1n) is 9.76. The molecule has 1 aliphatic heterocycles. The molecule has 1 N–H and O–H groups in total. The van der Waals surface area contributed by atoms with Gasteiger partial charge >= 0.3 is 6.18 Å². The summed E-state index contributed by atoms with van der Waals surface area (Å²) in [5.41, 5.74) is 2.70. The van der Waals surface area contributed by atoms with Gasteiger partial charge in [-0.25, -0.2) is 0 Å². The number of para-hydroxylation sites is 1. The van der Waals surface area contributed by atoms with Gasteiger partial charge in [-0.3, -0.25) is 9.48 Å². The number of aromatic nitrogens is 2. The van der Waals surface area contributed by atoms with Gasteiger partial charge in [0.1, 0.15) is 6.54 Å². The number of benzene rings is 1. The van der Waals surface area contributed by atoms with E-state index in [4.69, 9.17) is 4.74 Å². The molecule has 4 rings (SSSR count). The molecule has 1 aromatic heterocycles. The third-order valence-corrected chi connectivity index (χ3v) is 5.29. The smallest absolute Gasteiger partial charge is 0.378 e. The summed E-state index contributed by atoms with van der Waals surface area (Å²) in [6.07, 6.45) is -0.764. The maximum absolute atomic E-state index is 13.0. The number of aryl methyl sites for hydroxylation is 1. The second kappa shape index (κ2) is 8.06. The summed E-state index contributed by atoms with van der Waals surface area (Å²) in [7, 11) is 0. The number of carbonyl (C=O) groups excluding carboxylic acids is 1. The topological polar surface area (TPSA) is 59.4 Å². The van der Waals surface area contributed by atoms with Crippen LogP contribution < -0.4 is 10.2 Å². The van der Waals surface area contributed by atoms with Crippen LogP contribution >= 0.6 is 0 Å². The zero-order chi connectivity index (χ0) is 20.4. The summed E-state index contributed by atoms with van der Waals surface area (Å²) in [5.74, 6) is -0.240. The second-order valence-electron chi connectivity index (χ2n) is 7.39. The molecule has 1 atom stereocenters. The van der Waals surface area contributed by atoms with E-state index in [2.05, 4.69) is 15.3 Å². The van der Waals surface area contributed by atoms with Gasteiger partial charge in [0.05, 0.1) is 30.5 Å². The monoisotopic (exact) mass is 408 g/mol. The number of alkyl halides is 3. The fourth-order valence-corrected chi connectivity index (χ4v) is 3.98. The maximum Gasteiger partial charge on any atom is 0.408 e. The van der Waals surface area contributed by atoms with Crippen LogP contribution in [0.3, 0.4) is 0 Å². The van der Waals surface area contributed by atoms with Gasteiger partial charge in [-0.1, -0.05) is 12.1 Å². The molecule has 0 saturated carbocycles. The Kier molecular flexibility index (Phi) is 5.49. The molecule has 1 unspecified atom stereocenters. The normalized spacial score (nSPS) is 19.7. The number of hydrogen-bond acceptors (Lipinski definition) is 4. The summed E-state index contributed by atoms with van der Waals surface area (Å²) in [4.78, 5) is 15.2. The molecular weight excluding hydrogens is 385 g/mol. The van der Waals surface area contributed by atoms with Gasteiger partial charge in [0.15, 0.2) is 0 Å². The van der Waals surface area contributed by atoms with Crippen molar-refractivity contribution in [3.05, 3.63) is 47.3 Å². The van der Waals surface area contributed by atoms with Gasteiger partial charge in [-0.2, -0.15) is 18.3 Å². The van der Waals surface area contributed by atoms with Gasteiger partial charge in [0, 0.05) is 25.0 Å². The lowest BCUT2D eigenvalue weighted by Gasteiger charge is -2.30. The Morgan fingerprint density at radius 1 is 1.24 bits per heavy atom. The standard InChI is InChI=1S/C20H23F3N4O2/c21-20(22,23)13-27-12-14-4-3-6-16(18(14)25-27)24-19(28)15-5-1-2-7-17(15)26-8-10-29-11-9-26/h1-2,5,7,12,16H,3-4,6,8-11,13H2,(H,24,28). The predicted octanol–water partition coefficient (Wildman–Crippen LogP) is 3.09. The molecule has 0 radical (unpaired) electrons. The Morgan fingerprint density at radius 2 is 2.00 bits per heavy atom. The van der Waals surface area contributed by atoms with Gasteiger partial charge < -0.3 is 15.0 Å². The molecule has 29 heavy (non-hydrogen) atoms. The second-order valence-corrected chi connectivity index (χ2v) is 7.39. The summed E-state index contributed by atoms with van der Waals surface area (Å²) in [6, 6.07) is 6.98. The van der Waals surface area contributed by atoms with Crippen LogP contribution in [0.4, 0.5) is 18.9 Å². The molecule has 0 spiro atoms. The van der Waals surface area contributed by atoms with E-state index < -0.39 is 18.8 Å². The fraction of sp³-hybridized carbons (Fsp3) is 0.500. The maximum atomic E-state index is 13.0. The van der Waals surface area contributed by atoms with Crippen molar-refractivity contribution in [1.82, 2.24) is 15.1 Å². The highest BCUT2D eigenvalue weighted by molar-refractivity contribution is 6.00. The number of amides is 1. The van der Waals surface area contributed by atoms with E-state index in [1.807, 2.05) is 18.2 Å². The fourth-order valence-electron chi connectivity index (χ4n) is 3.98. The zero-order valence-electron chi connectivity index (χ0n) is 15.9. The number of nitrogens with zero attached hydrogens (tertiary/aromatic N) is 3. The van der Waals surface area contributed by atoms with Crippen LogP contribution in [0.1, 0.15) is 40.5 Å². The minimum atomic E-state index is -4.33. The van der Waals surface area contributed by atoms with Crippen molar-refractivity contribution in [2.24, 2.45) is 0 Å². The first-order valence-corrected chi connectivity index (χ1v) is 9.76. The third-order valence-electron chi connectivity index (χ3n) is 5.29. The molecule has 2 aromatic rings. The van der Waals surface area contributed by atoms with E-state index >= 15 is 0 Å². The highest BCUT2D eigenvalue weighted by Gasteiger charge is 2.32. The molecule has 2 heterocycles. The van der Waals surface area contributed by atoms with E-state index in [9.17, 15) is 18.0 Å². The first-order chi connectivity index (χ1) is 13.9. The minimum absolute atomic E-state index is 0.240. The molecule has 1 saturated heterocycles. The van der Waals surface area contributed by atoms with Crippen LogP contribution in [0.15, 0.2) is 30.5 Å². The lowest BCUT2D eigenvalue weighted by Crippen LogP contribution is -2.38. The average molecular weight is 408 g/mol. The van der Waals surface area contributed by atoms with E-state index in [0.717, 1.165) is 22.4 Å². The predicted molar refractivity (Wildman–Crippen MR) is 101 cm³/mol. The summed E-state index contributed by atoms with van der Waals surface area (Å²) >= 11 is 0. The molecule has 1 fully saturated rings. The van der Waals surface area contributed by atoms with E-state index in [1.165, 1.54) is 6.20 Å². The molecule has 1 aliphatic carbocycles. The quantitative estimate of drug-likeness (QED) is 0.845. The molecule has 0 bridgehead atoms. The molecule has 9 heteroatoms. The number of anilines is 1. The van der Waals surface area contributed by atoms with Crippen molar-refractivity contribution >= 4 is 11.6 Å². The SMILES string of the molecule is O=C(NC1CCCc2cn(CC(F)(F)F)nc21)c1ccccc1N1CCOCC1. The number of halogens is 3. The summed E-state index contributed by atoms with van der Waals surface area (Å²) in [5, 5.41) is 7.12. The number of rotatable bonds is 4. The molecule has 6 nitrogen and oxygen atoms in total. The van der Waals surface area contributed by atoms with Crippen molar-refractivity contribution in [2.75, 3.05) is 31.2 Å². The van der Waals surface area contributed by atoms with Crippen LogP contribution in [0.25, 0.3) is 0 Å². The highest BCUT2D eigenvalue weighted by Crippen LogP contribution is 2.30. The Labute approximate surface area is 166 Å². The number of ether oxygens (including phenoxy) is 1. The molecular formula is C20H23F3N4O2. The van der Waals surface area contributed by atoms with Gasteiger partial charge in [0.2, 0.25) is 0 Å². The summed E-state index contributed by atoms with van der Waals surface area (Å²) in [6.45, 7) is 1.51. The molecule has 1 amide bonds. The number of hydrogen-bond donors (Lipinski definition) is 1. The van der Waals surface area contributed by atoms with Crippen LogP contribution in [-0.2, 0) is 17.7 Å². The van der Waals surface area contributed by atoms with Crippen LogP contribution in [0.5, 0.6) is 0 Å². The lowest BCUT2D eigenvalue weighted by atomic mass is 9.93. The zero-order valence-corrected chi connectivity index (χ0v) is 15.9. The Hall–Kier alpha value is -2.55. The largest absolute Gasteiger partial charge is 0.408 e. The summed E-state index contributed by atoms with van der Waals surface area (Å²) < 4.78 is 44.4. The Morgan fingerprint density at radius 3 is 2.76 bits per heavy atom. The van der Waals surface area contributed by atoms with Crippen molar-refractivity contribution in [1.29, 1.82) is 0 Å². The Bertz CT molecular complexity index is 875. The third kappa shape index (κ3) is 4.55. The molecule has 2 aliphatic rings. The van der Waals surface area contributed by atoms with Crippen molar-refractivity contribution in [2.45, 2.75) is 38.0 Å². The van der Waals surface area contributed by atoms with Crippen LogP contribution in [-0.4, -0.2) is 48.2 Å². The minimum Gasteiger partial charge on any atom is -0.378 e. The van der Waals surface area contributed by atoms with Gasteiger partial charge in [0.25, 0.3) is 5.91 Å². The van der Waals surface area contributed by atoms with E-state index in [1.54, 1.807) is 6.07 Å². The van der Waals surface area contributed by atoms with Gasteiger partial charge in [-0.15, -0.1) is 0 Å². The van der Waals surface area contributed by atoms with Crippen molar-refractivity contribution in [3.8, 4) is 0 Å². The lowest BCUT2D eigenvalue weighted by molar-refractivity contribution is -0.142. The number of fused-ring (bicyclic) bond motifs is 1. The van der Waals surface area contributed by atoms with E-state index in [-0.39, 0.29) is 5.91 Å². The van der Waals surface area contributed by atoms with Crippen LogP contribution in [0, 0.1) is 0 Å². The van der Waals surface area contributed by atoms with Gasteiger partial charge in [-0.05, 0) is 37.0 Å². The number of carbonyl (C=O) groups is 1. The average Bonchev–Trinajstić information content (AvgIpc) is 3.10. The molecule has 1 aromatic carbocycles. The van der Waals surface area contributed by atoms with Crippen molar-refractivity contribution in [3.63, 3.8) is 0 Å². The molecule has 156 valence electrons. The van der Waals surface area contributed by atoms with Crippen molar-refractivity contribution < 1.29 is 22.7 Å². The number of morpholine rings is 1. The van der Waals surface area contributed by atoms with E-state index in [0.29, 0.717) is 50.4 Å². The Balaban J connectivity index is 1.53. The number of nitrogens with one attached hydrogen (secondary N) is 1. The first kappa shape index (κ1) is 19.8. The highest BCUT2D eigenvalue weighted by atomic mass is 19.4.